The summed E-state index contributed by atoms with van der Waals surface area (Å²) in [6.45, 7) is 6.57. The molecule has 0 aliphatic carbocycles. The number of nitrogens with one attached hydrogen (secondary N) is 1. The molecule has 424 valence electrons. The van der Waals surface area contributed by atoms with Gasteiger partial charge in [0.2, 0.25) is 5.91 Å². The fraction of sp³-hybridized carbons (Fsp3) is 0.688. The van der Waals surface area contributed by atoms with E-state index in [2.05, 4.69) is 123 Å². The number of esters is 1. The Morgan fingerprint density at radius 3 is 1.31 bits per heavy atom. The molecule has 3 unspecified atom stereocenters. The third kappa shape index (κ3) is 53.5. The molecule has 0 aliphatic heterocycles. The maximum Gasteiger partial charge on any atom is 0.306 e. The summed E-state index contributed by atoms with van der Waals surface area (Å²) >= 11 is 0. The van der Waals surface area contributed by atoms with Crippen molar-refractivity contribution in [2.75, 3.05) is 40.9 Å². The number of carbonyl (C=O) groups is 2. The summed E-state index contributed by atoms with van der Waals surface area (Å²) in [5.74, 6) is -0.600. The zero-order valence-electron chi connectivity index (χ0n) is 48.3. The molecule has 1 N–H and O–H groups in total. The highest BCUT2D eigenvalue weighted by atomic mass is 31.2. The molecule has 0 saturated heterocycles. The Bertz CT molecular complexity index is 1640. The smallest absolute Gasteiger partial charge is 0.306 e. The van der Waals surface area contributed by atoms with E-state index in [-0.39, 0.29) is 31.3 Å². The highest BCUT2D eigenvalue weighted by Gasteiger charge is 2.27. The van der Waals surface area contributed by atoms with E-state index in [0.717, 1.165) is 128 Å². The van der Waals surface area contributed by atoms with Crippen molar-refractivity contribution >= 4 is 19.7 Å². The van der Waals surface area contributed by atoms with Crippen LogP contribution in [-0.2, 0) is 27.9 Å². The predicted octanol–water partition coefficient (Wildman–Crippen LogP) is 17.5. The first kappa shape index (κ1) is 70.7. The molecule has 0 aromatic carbocycles. The van der Waals surface area contributed by atoms with Crippen molar-refractivity contribution < 1.29 is 37.3 Å². The van der Waals surface area contributed by atoms with Crippen LogP contribution in [0.3, 0.4) is 0 Å². The molecule has 0 heterocycles. The van der Waals surface area contributed by atoms with Crippen molar-refractivity contribution in [1.29, 1.82) is 0 Å². The van der Waals surface area contributed by atoms with Crippen LogP contribution in [0.1, 0.15) is 233 Å². The van der Waals surface area contributed by atoms with E-state index < -0.39 is 26.6 Å². The molecular formula is C64H111N2O7P. The second-order valence-corrected chi connectivity index (χ2v) is 22.1. The maximum atomic E-state index is 13.5. The molecule has 9 nitrogen and oxygen atoms in total. The number of nitrogens with zero attached hydrogens (tertiary/aromatic N) is 1. The second-order valence-electron chi connectivity index (χ2n) is 20.7. The van der Waals surface area contributed by atoms with Gasteiger partial charge in [0.1, 0.15) is 19.3 Å². The number of allylic oxidation sites excluding steroid dienone is 17. The van der Waals surface area contributed by atoms with Crippen LogP contribution in [0.5, 0.6) is 0 Å². The first-order valence-corrected chi connectivity index (χ1v) is 31.2. The Morgan fingerprint density at radius 2 is 0.865 bits per heavy atom. The number of phosphoric acid groups is 1. The molecule has 0 aromatic heterocycles. The highest BCUT2D eigenvalue weighted by Crippen LogP contribution is 2.38. The number of carbonyl (C=O) groups excluding carboxylic acids is 2. The number of phosphoric ester groups is 1. The molecule has 0 fully saturated rings. The van der Waals surface area contributed by atoms with Crippen molar-refractivity contribution in [3.05, 3.63) is 109 Å². The summed E-state index contributed by atoms with van der Waals surface area (Å²) in [4.78, 5) is 39.9. The fourth-order valence-electron chi connectivity index (χ4n) is 7.91. The zero-order chi connectivity index (χ0) is 54.3. The molecule has 0 saturated carbocycles. The van der Waals surface area contributed by atoms with E-state index in [1.165, 1.54) is 57.8 Å². The van der Waals surface area contributed by atoms with Gasteiger partial charge in [-0.05, 0) is 109 Å². The van der Waals surface area contributed by atoms with E-state index >= 15 is 0 Å². The Labute approximate surface area is 455 Å². The average molecular weight is 1050 g/mol. The molecule has 0 bridgehead atoms. The van der Waals surface area contributed by atoms with Gasteiger partial charge in [-0.15, -0.1) is 0 Å². The molecule has 1 amide bonds. The van der Waals surface area contributed by atoms with Gasteiger partial charge in [-0.2, -0.15) is 0 Å². The number of likely N-dealkylation sites (N-methyl/N-ethyl adjacent to an activating group) is 1. The van der Waals surface area contributed by atoms with Crippen molar-refractivity contribution in [2.45, 2.75) is 245 Å². The van der Waals surface area contributed by atoms with Crippen molar-refractivity contribution in [3.63, 3.8) is 0 Å². The minimum atomic E-state index is -4.72. The van der Waals surface area contributed by atoms with Gasteiger partial charge in [-0.25, -0.2) is 0 Å². The van der Waals surface area contributed by atoms with Crippen LogP contribution < -0.4 is 10.2 Å². The van der Waals surface area contributed by atoms with Crippen LogP contribution in [0, 0.1) is 0 Å². The van der Waals surface area contributed by atoms with Gasteiger partial charge in [0.15, 0.2) is 0 Å². The number of hydrogen-bond donors (Lipinski definition) is 1. The summed E-state index contributed by atoms with van der Waals surface area (Å²) in [6, 6.07) is -0.916. The molecule has 3 atom stereocenters. The molecule has 0 spiro atoms. The van der Waals surface area contributed by atoms with Crippen LogP contribution in [0.4, 0.5) is 0 Å². The average Bonchev–Trinajstić information content (AvgIpc) is 3.36. The van der Waals surface area contributed by atoms with E-state index in [9.17, 15) is 19.0 Å². The standard InChI is InChI=1S/C64H111N2O7P/c1-7-10-13-16-19-22-25-28-30-32-33-34-36-39-42-45-48-51-54-57-64(68)73-62(55-52-49-46-43-40-37-27-24-21-18-15-12-9-3)61(60-72-74(69,70)71-59-58-66(4,5)6)65-63(67)56-53-50-47-44-41-38-35-31-29-26-23-20-17-14-11-8-2/h10-11,13-14,19-20,22-23,28-31,33-34,39,42,52,55,61-62H,7-9,12,15-18,21,24-27,32,35-38,40-41,43-51,53-54,56-60H2,1-6H3,(H-,65,67,69,70)/b13-10-,14-11+,22-19-,23-20+,30-28-,31-29+,34-33-,42-39-,55-52+. The number of ether oxygens (including phenoxy) is 1. The van der Waals surface area contributed by atoms with Gasteiger partial charge in [0.05, 0.1) is 33.8 Å². The van der Waals surface area contributed by atoms with Crippen molar-refractivity contribution in [2.24, 2.45) is 0 Å². The quantitative estimate of drug-likeness (QED) is 0.0212. The monoisotopic (exact) mass is 1050 g/mol. The van der Waals surface area contributed by atoms with Gasteiger partial charge in [-0.1, -0.05) is 220 Å². The van der Waals surface area contributed by atoms with Crippen LogP contribution in [-0.4, -0.2) is 69.4 Å². The molecular weight excluding hydrogens is 940 g/mol. The van der Waals surface area contributed by atoms with Gasteiger partial charge in [0.25, 0.3) is 7.82 Å². The second kappa shape index (κ2) is 53.1. The first-order valence-electron chi connectivity index (χ1n) is 29.7. The van der Waals surface area contributed by atoms with Crippen LogP contribution in [0.2, 0.25) is 0 Å². The van der Waals surface area contributed by atoms with Gasteiger partial charge in [-0.3, -0.25) is 14.2 Å². The van der Waals surface area contributed by atoms with Gasteiger partial charge in [0, 0.05) is 12.8 Å². The highest BCUT2D eigenvalue weighted by molar-refractivity contribution is 7.45. The summed E-state index contributed by atoms with van der Waals surface area (Å²) < 4.78 is 30.2. The summed E-state index contributed by atoms with van der Waals surface area (Å²) in [5.41, 5.74) is 0. The lowest BCUT2D eigenvalue weighted by molar-refractivity contribution is -0.870. The predicted molar refractivity (Wildman–Crippen MR) is 316 cm³/mol. The fourth-order valence-corrected chi connectivity index (χ4v) is 8.64. The Kier molecular flexibility index (Phi) is 50.7. The van der Waals surface area contributed by atoms with E-state index in [4.69, 9.17) is 13.8 Å². The summed E-state index contributed by atoms with van der Waals surface area (Å²) in [7, 11) is 1.14. The molecule has 0 aliphatic rings. The van der Waals surface area contributed by atoms with Gasteiger partial charge >= 0.3 is 5.97 Å². The SMILES string of the molecule is CC/C=C\C/C=C\C/C=C\C/C=C\C/C=C\CCCCCC(=O)OC(/C=C/CCCCCCCCCCCCC)C(COP(=O)([O-])OCC[N+](C)(C)C)NC(=O)CCCCCCCC/C=C/C/C=C/C/C=C/CC. The number of hydrogen-bond acceptors (Lipinski definition) is 7. The minimum absolute atomic E-state index is 0.0363. The maximum absolute atomic E-state index is 13.5. The number of unbranched alkanes of at least 4 members (excludes halogenated alkanes) is 20. The van der Waals surface area contributed by atoms with E-state index in [0.29, 0.717) is 23.9 Å². The lowest BCUT2D eigenvalue weighted by Crippen LogP contribution is -2.47. The molecule has 10 heteroatoms. The van der Waals surface area contributed by atoms with Crippen LogP contribution in [0.25, 0.3) is 0 Å². The zero-order valence-corrected chi connectivity index (χ0v) is 49.1. The first-order chi connectivity index (χ1) is 35.9. The number of rotatable bonds is 52. The topological polar surface area (TPSA) is 114 Å². The third-order valence-corrected chi connectivity index (χ3v) is 13.4. The van der Waals surface area contributed by atoms with Crippen LogP contribution in [0.15, 0.2) is 109 Å². The van der Waals surface area contributed by atoms with Crippen molar-refractivity contribution in [3.8, 4) is 0 Å². The lowest BCUT2D eigenvalue weighted by Gasteiger charge is -2.30. The molecule has 0 rings (SSSR count). The van der Waals surface area contributed by atoms with Crippen LogP contribution >= 0.6 is 7.82 Å². The Morgan fingerprint density at radius 1 is 0.486 bits per heavy atom. The normalized spacial score (nSPS) is 14.5. The van der Waals surface area contributed by atoms with E-state index in [1.807, 2.05) is 33.3 Å². The summed E-state index contributed by atoms with van der Waals surface area (Å²) in [6.07, 6.45) is 71.9. The number of quaternary nitrogens is 1. The molecule has 0 radical (unpaired) electrons. The third-order valence-electron chi connectivity index (χ3n) is 12.4. The summed E-state index contributed by atoms with van der Waals surface area (Å²) in [5, 5.41) is 3.01. The minimum Gasteiger partial charge on any atom is -0.756 e. The molecule has 0 aromatic rings. The molecule has 74 heavy (non-hydrogen) atoms. The number of amides is 1. The van der Waals surface area contributed by atoms with Crippen molar-refractivity contribution in [1.82, 2.24) is 5.32 Å². The largest absolute Gasteiger partial charge is 0.756 e. The van der Waals surface area contributed by atoms with E-state index in [1.54, 1.807) is 0 Å². The Hall–Kier alpha value is -3.33. The lowest BCUT2D eigenvalue weighted by atomic mass is 10.0. The van der Waals surface area contributed by atoms with Gasteiger partial charge < -0.3 is 28.5 Å². The Balaban J connectivity index is 5.43.